The lowest BCUT2D eigenvalue weighted by atomic mass is 10.1. The molecule has 88 valence electrons. The Hall–Kier alpha value is -0.770. The average Bonchev–Trinajstić information content (AvgIpc) is 2.63. The van der Waals surface area contributed by atoms with Crippen LogP contribution >= 0.6 is 15.9 Å². The Balaban J connectivity index is 1.94. The third-order valence-corrected chi connectivity index (χ3v) is 3.90. The highest BCUT2D eigenvalue weighted by atomic mass is 79.9. The molecule has 2 rings (SSSR count). The van der Waals surface area contributed by atoms with Crippen LogP contribution in [0.25, 0.3) is 0 Å². The SMILES string of the molecule is CC1CCC(CNc2c(N)cncc2Br)C1. The van der Waals surface area contributed by atoms with Crippen molar-refractivity contribution in [2.75, 3.05) is 17.6 Å². The number of aromatic nitrogens is 1. The monoisotopic (exact) mass is 283 g/mol. The van der Waals surface area contributed by atoms with Gasteiger partial charge in [0.1, 0.15) is 0 Å². The molecule has 0 spiro atoms. The first-order chi connectivity index (χ1) is 7.66. The second kappa shape index (κ2) is 5.04. The quantitative estimate of drug-likeness (QED) is 0.895. The highest BCUT2D eigenvalue weighted by molar-refractivity contribution is 9.10. The molecule has 3 N–H and O–H groups in total. The Kier molecular flexibility index (Phi) is 3.69. The number of nitrogen functional groups attached to an aromatic ring is 1. The second-order valence-electron chi connectivity index (χ2n) is 4.75. The van der Waals surface area contributed by atoms with Crippen LogP contribution in [0.2, 0.25) is 0 Å². The van der Waals surface area contributed by atoms with Crippen LogP contribution < -0.4 is 11.1 Å². The molecule has 0 saturated heterocycles. The number of hydrogen-bond acceptors (Lipinski definition) is 3. The van der Waals surface area contributed by atoms with E-state index in [-0.39, 0.29) is 0 Å². The van der Waals surface area contributed by atoms with Gasteiger partial charge in [-0.2, -0.15) is 0 Å². The lowest BCUT2D eigenvalue weighted by molar-refractivity contribution is 0.537. The van der Waals surface area contributed by atoms with E-state index >= 15 is 0 Å². The molecule has 1 fully saturated rings. The first-order valence-corrected chi connectivity index (χ1v) is 6.59. The van der Waals surface area contributed by atoms with Gasteiger partial charge in [0.05, 0.1) is 22.0 Å². The summed E-state index contributed by atoms with van der Waals surface area (Å²) in [7, 11) is 0. The molecule has 1 aromatic heterocycles. The minimum Gasteiger partial charge on any atom is -0.396 e. The largest absolute Gasteiger partial charge is 0.396 e. The Bertz CT molecular complexity index is 347. The van der Waals surface area contributed by atoms with Crippen LogP contribution in [0.4, 0.5) is 11.4 Å². The fourth-order valence-electron chi connectivity index (χ4n) is 2.39. The first-order valence-electron chi connectivity index (χ1n) is 5.79. The van der Waals surface area contributed by atoms with Crippen LogP contribution in [0, 0.1) is 11.8 Å². The third-order valence-electron chi connectivity index (χ3n) is 3.30. The minimum absolute atomic E-state index is 0.709. The van der Waals surface area contributed by atoms with E-state index in [4.69, 9.17) is 5.73 Å². The van der Waals surface area contributed by atoms with Gasteiger partial charge in [0, 0.05) is 12.7 Å². The zero-order valence-electron chi connectivity index (χ0n) is 9.54. The maximum atomic E-state index is 5.88. The number of pyridine rings is 1. The Morgan fingerprint density at radius 3 is 2.94 bits per heavy atom. The lowest BCUT2D eigenvalue weighted by Gasteiger charge is -2.14. The van der Waals surface area contributed by atoms with E-state index in [0.29, 0.717) is 5.69 Å². The molecule has 1 aliphatic carbocycles. The van der Waals surface area contributed by atoms with Crippen molar-refractivity contribution in [3.63, 3.8) is 0 Å². The summed E-state index contributed by atoms with van der Waals surface area (Å²) in [6, 6.07) is 0. The number of nitrogens with zero attached hydrogens (tertiary/aromatic N) is 1. The van der Waals surface area contributed by atoms with E-state index in [2.05, 4.69) is 33.2 Å². The molecule has 3 nitrogen and oxygen atoms in total. The topological polar surface area (TPSA) is 50.9 Å². The molecule has 16 heavy (non-hydrogen) atoms. The molecule has 2 atom stereocenters. The summed E-state index contributed by atoms with van der Waals surface area (Å²) in [6.07, 6.45) is 7.48. The Labute approximate surface area is 105 Å². The second-order valence-corrected chi connectivity index (χ2v) is 5.61. The zero-order chi connectivity index (χ0) is 11.5. The van der Waals surface area contributed by atoms with Gasteiger partial charge in [-0.05, 0) is 40.6 Å². The first kappa shape index (κ1) is 11.7. The van der Waals surface area contributed by atoms with Gasteiger partial charge in [-0.15, -0.1) is 0 Å². The van der Waals surface area contributed by atoms with E-state index in [1.807, 2.05) is 0 Å². The molecule has 0 aliphatic heterocycles. The average molecular weight is 284 g/mol. The third kappa shape index (κ3) is 2.67. The van der Waals surface area contributed by atoms with Gasteiger partial charge in [-0.25, -0.2) is 0 Å². The molecule has 1 heterocycles. The molecule has 0 aromatic carbocycles. The zero-order valence-corrected chi connectivity index (χ0v) is 11.1. The van der Waals surface area contributed by atoms with Gasteiger partial charge < -0.3 is 11.1 Å². The van der Waals surface area contributed by atoms with Crippen LogP contribution in [-0.2, 0) is 0 Å². The van der Waals surface area contributed by atoms with E-state index in [9.17, 15) is 0 Å². The van der Waals surface area contributed by atoms with Crippen LogP contribution in [-0.4, -0.2) is 11.5 Å². The summed E-state index contributed by atoms with van der Waals surface area (Å²) in [6.45, 7) is 3.34. The van der Waals surface area contributed by atoms with Crippen LogP contribution in [0.1, 0.15) is 26.2 Å². The van der Waals surface area contributed by atoms with Gasteiger partial charge >= 0.3 is 0 Å². The fourth-order valence-corrected chi connectivity index (χ4v) is 2.88. The van der Waals surface area contributed by atoms with Crippen molar-refractivity contribution < 1.29 is 0 Å². The van der Waals surface area contributed by atoms with Crippen LogP contribution in [0.15, 0.2) is 16.9 Å². The lowest BCUT2D eigenvalue weighted by Crippen LogP contribution is -2.13. The molecule has 0 amide bonds. The van der Waals surface area contributed by atoms with E-state index < -0.39 is 0 Å². The standard InChI is InChI=1S/C12H18BrN3/c1-8-2-3-9(4-8)5-16-12-10(13)6-15-7-11(12)14/h6-9H,2-5,14H2,1H3,(H,15,16). The maximum absolute atomic E-state index is 5.88. The van der Waals surface area contributed by atoms with Crippen molar-refractivity contribution in [3.05, 3.63) is 16.9 Å². The van der Waals surface area contributed by atoms with Gasteiger partial charge in [0.15, 0.2) is 0 Å². The number of nitrogens with two attached hydrogens (primary N) is 1. The van der Waals surface area contributed by atoms with Crippen molar-refractivity contribution in [3.8, 4) is 0 Å². The van der Waals surface area contributed by atoms with Crippen LogP contribution in [0.5, 0.6) is 0 Å². The number of rotatable bonds is 3. The summed E-state index contributed by atoms with van der Waals surface area (Å²) >= 11 is 3.46. The number of nitrogens with one attached hydrogen (secondary N) is 1. The highest BCUT2D eigenvalue weighted by Crippen LogP contribution is 2.32. The van der Waals surface area contributed by atoms with Crippen molar-refractivity contribution >= 4 is 27.3 Å². The number of anilines is 2. The number of halogens is 1. The maximum Gasteiger partial charge on any atom is 0.0750 e. The van der Waals surface area contributed by atoms with Crippen molar-refractivity contribution in [2.45, 2.75) is 26.2 Å². The van der Waals surface area contributed by atoms with Gasteiger partial charge in [-0.3, -0.25) is 4.98 Å². The van der Waals surface area contributed by atoms with Gasteiger partial charge in [-0.1, -0.05) is 13.3 Å². The van der Waals surface area contributed by atoms with Crippen LogP contribution in [0.3, 0.4) is 0 Å². The van der Waals surface area contributed by atoms with Crippen molar-refractivity contribution in [1.29, 1.82) is 0 Å². The van der Waals surface area contributed by atoms with Crippen molar-refractivity contribution in [2.24, 2.45) is 11.8 Å². The minimum atomic E-state index is 0.709. The molecule has 0 radical (unpaired) electrons. The normalized spacial score (nSPS) is 24.6. The molecule has 1 aliphatic rings. The van der Waals surface area contributed by atoms with Crippen molar-refractivity contribution in [1.82, 2.24) is 4.98 Å². The summed E-state index contributed by atoms with van der Waals surface area (Å²) in [5.41, 5.74) is 7.57. The molecule has 2 unspecified atom stereocenters. The summed E-state index contributed by atoms with van der Waals surface area (Å²) < 4.78 is 0.943. The highest BCUT2D eigenvalue weighted by Gasteiger charge is 2.21. The molecule has 0 bridgehead atoms. The smallest absolute Gasteiger partial charge is 0.0750 e. The predicted octanol–water partition coefficient (Wildman–Crippen LogP) is 3.27. The summed E-state index contributed by atoms with van der Waals surface area (Å²) in [4.78, 5) is 4.02. The van der Waals surface area contributed by atoms with E-state index in [0.717, 1.165) is 28.5 Å². The summed E-state index contributed by atoms with van der Waals surface area (Å²) in [5.74, 6) is 1.67. The molecular weight excluding hydrogens is 266 g/mol. The van der Waals surface area contributed by atoms with Gasteiger partial charge in [0.25, 0.3) is 0 Å². The molecule has 1 aromatic rings. The fraction of sp³-hybridized carbons (Fsp3) is 0.583. The van der Waals surface area contributed by atoms with Gasteiger partial charge in [0.2, 0.25) is 0 Å². The van der Waals surface area contributed by atoms with E-state index in [1.165, 1.54) is 19.3 Å². The summed E-state index contributed by atoms with van der Waals surface area (Å²) in [5, 5.41) is 3.43. The predicted molar refractivity (Wildman–Crippen MR) is 71.3 cm³/mol. The Morgan fingerprint density at radius 1 is 1.50 bits per heavy atom. The van der Waals surface area contributed by atoms with E-state index in [1.54, 1.807) is 12.4 Å². The number of hydrogen-bond donors (Lipinski definition) is 2. The Morgan fingerprint density at radius 2 is 2.31 bits per heavy atom. The molecule has 1 saturated carbocycles. The molecular formula is C12H18BrN3. The molecule has 4 heteroatoms.